The standard InChI is InChI=1S/C16H13ClN2O5/c17-11-6-7-13(18-14(20)9-19(24)16(22)23)12(8-11)15(21)10-4-2-1-3-5-10/h1-8,24H,9H2,(H,18,20)(H,22,23). The van der Waals surface area contributed by atoms with Crippen LogP contribution in [-0.4, -0.2) is 39.7 Å². The van der Waals surface area contributed by atoms with E-state index in [1.165, 1.54) is 18.2 Å². The summed E-state index contributed by atoms with van der Waals surface area (Å²) in [4.78, 5) is 34.9. The van der Waals surface area contributed by atoms with Crippen LogP contribution in [0.2, 0.25) is 5.02 Å². The van der Waals surface area contributed by atoms with Gasteiger partial charge in [-0.3, -0.25) is 14.8 Å². The molecule has 0 aliphatic carbocycles. The second kappa shape index (κ2) is 7.58. The molecule has 0 heterocycles. The first-order valence-corrected chi connectivity index (χ1v) is 7.15. The van der Waals surface area contributed by atoms with E-state index >= 15 is 0 Å². The number of hydrogen-bond acceptors (Lipinski definition) is 4. The van der Waals surface area contributed by atoms with Crippen LogP contribution in [0.3, 0.4) is 0 Å². The fourth-order valence-electron chi connectivity index (χ4n) is 1.95. The van der Waals surface area contributed by atoms with Gasteiger partial charge < -0.3 is 10.4 Å². The Kier molecular flexibility index (Phi) is 5.51. The van der Waals surface area contributed by atoms with Crippen LogP contribution >= 0.6 is 11.6 Å². The van der Waals surface area contributed by atoms with Crippen LogP contribution in [0.5, 0.6) is 0 Å². The summed E-state index contributed by atoms with van der Waals surface area (Å²) >= 11 is 5.92. The normalized spacial score (nSPS) is 10.1. The Morgan fingerprint density at radius 3 is 2.38 bits per heavy atom. The van der Waals surface area contributed by atoms with Gasteiger partial charge in [0.2, 0.25) is 5.91 Å². The molecule has 0 saturated carbocycles. The van der Waals surface area contributed by atoms with E-state index in [1.807, 2.05) is 0 Å². The molecule has 7 nitrogen and oxygen atoms in total. The molecule has 0 bridgehead atoms. The molecule has 0 saturated heterocycles. The molecule has 0 fully saturated rings. The van der Waals surface area contributed by atoms with Crippen LogP contribution in [0.1, 0.15) is 15.9 Å². The van der Waals surface area contributed by atoms with Gasteiger partial charge in [-0.2, -0.15) is 5.06 Å². The van der Waals surface area contributed by atoms with Gasteiger partial charge in [0.1, 0.15) is 6.54 Å². The Bertz CT molecular complexity index is 779. The zero-order valence-corrected chi connectivity index (χ0v) is 13.0. The maximum atomic E-state index is 12.6. The Labute approximate surface area is 142 Å². The Morgan fingerprint density at radius 1 is 1.08 bits per heavy atom. The lowest BCUT2D eigenvalue weighted by Gasteiger charge is -2.13. The molecule has 2 amide bonds. The van der Waals surface area contributed by atoms with Crippen LogP contribution in [-0.2, 0) is 4.79 Å². The highest BCUT2D eigenvalue weighted by Crippen LogP contribution is 2.23. The summed E-state index contributed by atoms with van der Waals surface area (Å²) in [6, 6.07) is 12.7. The van der Waals surface area contributed by atoms with Crippen molar-refractivity contribution in [2.45, 2.75) is 0 Å². The van der Waals surface area contributed by atoms with Gasteiger partial charge in [0.05, 0.1) is 5.69 Å². The average Bonchev–Trinajstić information content (AvgIpc) is 2.56. The Morgan fingerprint density at radius 2 is 1.75 bits per heavy atom. The van der Waals surface area contributed by atoms with Gasteiger partial charge in [-0.1, -0.05) is 41.9 Å². The van der Waals surface area contributed by atoms with E-state index in [4.69, 9.17) is 21.9 Å². The van der Waals surface area contributed by atoms with Gasteiger partial charge in [0, 0.05) is 16.1 Å². The minimum absolute atomic E-state index is 0.155. The lowest BCUT2D eigenvalue weighted by molar-refractivity contribution is -0.126. The van der Waals surface area contributed by atoms with E-state index in [9.17, 15) is 14.4 Å². The SMILES string of the molecule is O=C(CN(O)C(=O)O)Nc1ccc(Cl)cc1C(=O)c1ccccc1. The molecule has 2 aromatic rings. The van der Waals surface area contributed by atoms with Crippen molar-refractivity contribution in [3.05, 3.63) is 64.7 Å². The molecule has 0 atom stereocenters. The van der Waals surface area contributed by atoms with E-state index in [2.05, 4.69) is 5.32 Å². The lowest BCUT2D eigenvalue weighted by Crippen LogP contribution is -2.34. The number of benzene rings is 2. The third kappa shape index (κ3) is 4.31. The number of halogens is 1. The van der Waals surface area contributed by atoms with Gasteiger partial charge in [0.15, 0.2) is 5.78 Å². The maximum absolute atomic E-state index is 12.6. The molecule has 0 aliphatic heterocycles. The minimum atomic E-state index is -1.66. The van der Waals surface area contributed by atoms with Gasteiger partial charge in [-0.25, -0.2) is 4.79 Å². The summed E-state index contributed by atoms with van der Waals surface area (Å²) in [5.41, 5.74) is 0.725. The van der Waals surface area contributed by atoms with Crippen molar-refractivity contribution in [2.24, 2.45) is 0 Å². The molecule has 0 radical (unpaired) electrons. The zero-order valence-electron chi connectivity index (χ0n) is 12.3. The van der Waals surface area contributed by atoms with Crippen molar-refractivity contribution >= 4 is 35.1 Å². The molecule has 0 unspecified atom stereocenters. The number of anilines is 1. The van der Waals surface area contributed by atoms with E-state index in [-0.39, 0.29) is 22.1 Å². The molecule has 24 heavy (non-hydrogen) atoms. The number of carbonyl (C=O) groups excluding carboxylic acids is 2. The third-order valence-corrected chi connectivity index (χ3v) is 3.29. The summed E-state index contributed by atoms with van der Waals surface area (Å²) in [5, 5.41) is 20.1. The highest BCUT2D eigenvalue weighted by atomic mass is 35.5. The number of hydrogen-bond donors (Lipinski definition) is 3. The van der Waals surface area contributed by atoms with Crippen LogP contribution in [0.15, 0.2) is 48.5 Å². The van der Waals surface area contributed by atoms with Crippen molar-refractivity contribution in [1.82, 2.24) is 5.06 Å². The number of nitrogens with one attached hydrogen (secondary N) is 1. The second-order valence-electron chi connectivity index (χ2n) is 4.77. The van der Waals surface area contributed by atoms with Crippen LogP contribution in [0, 0.1) is 0 Å². The number of hydroxylamine groups is 2. The number of rotatable bonds is 5. The predicted molar refractivity (Wildman–Crippen MR) is 86.5 cm³/mol. The Balaban J connectivity index is 2.27. The van der Waals surface area contributed by atoms with Crippen molar-refractivity contribution in [1.29, 1.82) is 0 Å². The minimum Gasteiger partial charge on any atom is -0.463 e. The van der Waals surface area contributed by atoms with Gasteiger partial charge in [0.25, 0.3) is 0 Å². The van der Waals surface area contributed by atoms with E-state index in [0.717, 1.165) is 0 Å². The number of nitrogens with zero attached hydrogens (tertiary/aromatic N) is 1. The van der Waals surface area contributed by atoms with E-state index in [1.54, 1.807) is 30.3 Å². The summed E-state index contributed by atoms with van der Waals surface area (Å²) in [7, 11) is 0. The van der Waals surface area contributed by atoms with E-state index in [0.29, 0.717) is 10.6 Å². The first-order chi connectivity index (χ1) is 11.4. The van der Waals surface area contributed by atoms with Gasteiger partial charge in [-0.15, -0.1) is 0 Å². The molecule has 8 heteroatoms. The van der Waals surface area contributed by atoms with Gasteiger partial charge >= 0.3 is 6.09 Å². The van der Waals surface area contributed by atoms with Crippen molar-refractivity contribution in [2.75, 3.05) is 11.9 Å². The molecule has 2 rings (SSSR count). The Hall–Kier alpha value is -2.90. The molecule has 0 aliphatic rings. The first kappa shape index (κ1) is 17.5. The molecular weight excluding hydrogens is 336 g/mol. The van der Waals surface area contributed by atoms with Crippen molar-refractivity contribution in [3.8, 4) is 0 Å². The molecular formula is C16H13ClN2O5. The monoisotopic (exact) mass is 348 g/mol. The zero-order chi connectivity index (χ0) is 17.7. The lowest BCUT2D eigenvalue weighted by atomic mass is 10.0. The summed E-state index contributed by atoms with van der Waals surface area (Å²) in [5.74, 6) is -1.16. The highest BCUT2D eigenvalue weighted by Gasteiger charge is 2.18. The molecule has 0 aromatic heterocycles. The maximum Gasteiger partial charge on any atom is 0.431 e. The number of amides is 2. The molecule has 2 aromatic carbocycles. The van der Waals surface area contributed by atoms with Crippen molar-refractivity contribution < 1.29 is 24.7 Å². The third-order valence-electron chi connectivity index (χ3n) is 3.05. The average molecular weight is 349 g/mol. The topological polar surface area (TPSA) is 107 Å². The fourth-order valence-corrected chi connectivity index (χ4v) is 2.12. The van der Waals surface area contributed by atoms with Gasteiger partial charge in [-0.05, 0) is 18.2 Å². The van der Waals surface area contributed by atoms with Crippen molar-refractivity contribution in [3.63, 3.8) is 0 Å². The molecule has 124 valence electrons. The quantitative estimate of drug-likeness (QED) is 0.437. The molecule has 3 N–H and O–H groups in total. The summed E-state index contributed by atoms with van der Waals surface area (Å²) < 4.78 is 0. The van der Waals surface area contributed by atoms with E-state index < -0.39 is 18.5 Å². The predicted octanol–water partition coefficient (Wildman–Crippen LogP) is 2.88. The summed E-state index contributed by atoms with van der Waals surface area (Å²) in [6.07, 6.45) is -1.66. The number of ketones is 1. The molecule has 0 spiro atoms. The van der Waals surface area contributed by atoms with Crippen LogP contribution < -0.4 is 5.32 Å². The number of carboxylic acid groups (broad SMARTS) is 1. The largest absolute Gasteiger partial charge is 0.463 e. The highest BCUT2D eigenvalue weighted by molar-refractivity contribution is 6.31. The summed E-state index contributed by atoms with van der Waals surface area (Å²) in [6.45, 7) is -0.795. The van der Waals surface area contributed by atoms with Crippen LogP contribution in [0.25, 0.3) is 0 Å². The first-order valence-electron chi connectivity index (χ1n) is 6.77. The fraction of sp³-hybridized carbons (Fsp3) is 0.0625. The van der Waals surface area contributed by atoms with Crippen LogP contribution in [0.4, 0.5) is 10.5 Å². The second-order valence-corrected chi connectivity index (χ2v) is 5.21. The number of carbonyl (C=O) groups is 3. The smallest absolute Gasteiger partial charge is 0.431 e.